The van der Waals surface area contributed by atoms with E-state index in [4.69, 9.17) is 5.73 Å². The average molecular weight is 284 g/mol. The monoisotopic (exact) mass is 284 g/mol. The Bertz CT molecular complexity index is 841. The van der Waals surface area contributed by atoms with Gasteiger partial charge >= 0.3 is 0 Å². The van der Waals surface area contributed by atoms with E-state index in [9.17, 15) is 4.39 Å². The van der Waals surface area contributed by atoms with Crippen molar-refractivity contribution in [2.45, 2.75) is 6.42 Å². The van der Waals surface area contributed by atoms with Crippen molar-refractivity contribution < 1.29 is 4.39 Å². The van der Waals surface area contributed by atoms with Crippen molar-refractivity contribution >= 4 is 34.0 Å². The van der Waals surface area contributed by atoms with Gasteiger partial charge in [-0.05, 0) is 24.6 Å². The molecule has 4 rings (SSSR count). The third-order valence-corrected chi connectivity index (χ3v) is 3.65. The van der Waals surface area contributed by atoms with E-state index in [-0.39, 0.29) is 11.6 Å². The lowest BCUT2D eigenvalue weighted by molar-refractivity contribution is 0.629. The molecule has 0 fully saturated rings. The van der Waals surface area contributed by atoms with Crippen LogP contribution in [0.3, 0.4) is 0 Å². The number of nitrogens with one attached hydrogen (secondary N) is 3. The van der Waals surface area contributed by atoms with Crippen LogP contribution in [-0.2, 0) is 6.42 Å². The Labute approximate surface area is 119 Å². The molecule has 0 amide bonds. The first kappa shape index (κ1) is 12.0. The van der Waals surface area contributed by atoms with Gasteiger partial charge in [0.05, 0.1) is 5.39 Å². The fourth-order valence-electron chi connectivity index (χ4n) is 2.62. The molecule has 6 nitrogen and oxygen atoms in total. The minimum atomic E-state index is -0.459. The summed E-state index contributed by atoms with van der Waals surface area (Å²) in [5.74, 6) is -0.0571. The number of halogens is 1. The van der Waals surface area contributed by atoms with Crippen molar-refractivity contribution in [3.05, 3.63) is 35.6 Å². The lowest BCUT2D eigenvalue weighted by Gasteiger charge is -2.11. The zero-order valence-corrected chi connectivity index (χ0v) is 11.1. The summed E-state index contributed by atoms with van der Waals surface area (Å²) in [6.45, 7) is 0.889. The number of nitrogens with zero attached hydrogens (tertiary/aromatic N) is 2. The van der Waals surface area contributed by atoms with E-state index >= 15 is 0 Å². The van der Waals surface area contributed by atoms with Gasteiger partial charge in [0.1, 0.15) is 0 Å². The van der Waals surface area contributed by atoms with Crippen LogP contribution in [0.4, 0.5) is 27.4 Å². The van der Waals surface area contributed by atoms with E-state index < -0.39 is 5.82 Å². The van der Waals surface area contributed by atoms with E-state index in [1.54, 1.807) is 0 Å². The third-order valence-electron chi connectivity index (χ3n) is 3.65. The van der Waals surface area contributed by atoms with Gasteiger partial charge in [-0.3, -0.25) is 5.10 Å². The predicted octanol–water partition coefficient (Wildman–Crippen LogP) is 2.39. The summed E-state index contributed by atoms with van der Waals surface area (Å²) >= 11 is 0. The largest absolute Gasteiger partial charge is 0.384 e. The summed E-state index contributed by atoms with van der Waals surface area (Å²) < 4.78 is 14.2. The van der Waals surface area contributed by atoms with E-state index in [0.29, 0.717) is 11.0 Å². The smallest absolute Gasteiger partial charge is 0.169 e. The van der Waals surface area contributed by atoms with E-state index in [1.807, 2.05) is 18.2 Å². The van der Waals surface area contributed by atoms with Crippen LogP contribution in [-0.4, -0.2) is 21.7 Å². The van der Waals surface area contributed by atoms with Gasteiger partial charge in [0.15, 0.2) is 23.1 Å². The molecule has 0 spiro atoms. The summed E-state index contributed by atoms with van der Waals surface area (Å²) in [6.07, 6.45) is 0.902. The number of rotatable bonds is 2. The topological polar surface area (TPSA) is 91.7 Å². The molecule has 0 saturated heterocycles. The van der Waals surface area contributed by atoms with Crippen LogP contribution in [0.5, 0.6) is 0 Å². The number of hydrogen-bond acceptors (Lipinski definition) is 5. The highest BCUT2D eigenvalue weighted by Gasteiger charge is 2.16. The van der Waals surface area contributed by atoms with Gasteiger partial charge in [0.2, 0.25) is 0 Å². The highest BCUT2D eigenvalue weighted by atomic mass is 19.1. The fraction of sp³-hybridized carbons (Fsp3) is 0.143. The number of benzene rings is 1. The van der Waals surface area contributed by atoms with Crippen molar-refractivity contribution in [3.8, 4) is 0 Å². The summed E-state index contributed by atoms with van der Waals surface area (Å²) in [5.41, 5.74) is 9.18. The van der Waals surface area contributed by atoms with Gasteiger partial charge < -0.3 is 16.4 Å². The molecule has 0 bridgehead atoms. The van der Waals surface area contributed by atoms with E-state index in [1.165, 1.54) is 6.07 Å². The van der Waals surface area contributed by atoms with Gasteiger partial charge in [-0.2, -0.15) is 5.10 Å². The van der Waals surface area contributed by atoms with Gasteiger partial charge in [-0.15, -0.1) is 0 Å². The van der Waals surface area contributed by atoms with Gasteiger partial charge in [-0.1, -0.05) is 6.07 Å². The Morgan fingerprint density at radius 2 is 2.24 bits per heavy atom. The number of pyridine rings is 1. The quantitative estimate of drug-likeness (QED) is 0.580. The van der Waals surface area contributed by atoms with Crippen molar-refractivity contribution in [2.75, 3.05) is 22.9 Å². The standard InChI is InChI=1S/C14H13FN6/c15-9-6-8-12(16)20-21-13(8)19-14(9)18-11-3-1-2-10-7(11)4-5-17-10/h1-3,6,17H,4-5H2,(H4,16,18,19,20,21). The second-order valence-corrected chi connectivity index (χ2v) is 4.96. The van der Waals surface area contributed by atoms with Crippen LogP contribution in [0.15, 0.2) is 24.3 Å². The van der Waals surface area contributed by atoms with E-state index in [2.05, 4.69) is 25.8 Å². The van der Waals surface area contributed by atoms with Crippen LogP contribution >= 0.6 is 0 Å². The van der Waals surface area contributed by atoms with Crippen molar-refractivity contribution in [2.24, 2.45) is 0 Å². The average Bonchev–Trinajstić information content (AvgIpc) is 3.08. The second kappa shape index (κ2) is 4.34. The molecule has 3 aromatic rings. The number of fused-ring (bicyclic) bond motifs is 2. The molecule has 2 aromatic heterocycles. The highest BCUT2D eigenvalue weighted by Crippen LogP contribution is 2.32. The molecule has 5 N–H and O–H groups in total. The molecule has 0 atom stereocenters. The molecule has 7 heteroatoms. The summed E-state index contributed by atoms with van der Waals surface area (Å²) in [5, 5.41) is 13.3. The maximum absolute atomic E-state index is 14.2. The molecule has 0 saturated carbocycles. The molecule has 1 aliphatic heterocycles. The minimum absolute atomic E-state index is 0.159. The number of aromatic amines is 1. The van der Waals surface area contributed by atoms with Crippen LogP contribution < -0.4 is 16.4 Å². The van der Waals surface area contributed by atoms with Crippen LogP contribution in [0.2, 0.25) is 0 Å². The SMILES string of the molecule is Nc1n[nH]c2nc(Nc3cccc4c3CCN4)c(F)cc12. The number of H-pyrrole nitrogens is 1. The molecule has 3 heterocycles. The Hall–Kier alpha value is -2.83. The first-order valence-corrected chi connectivity index (χ1v) is 6.65. The second-order valence-electron chi connectivity index (χ2n) is 4.96. The minimum Gasteiger partial charge on any atom is -0.384 e. The predicted molar refractivity (Wildman–Crippen MR) is 80.2 cm³/mol. The van der Waals surface area contributed by atoms with Gasteiger partial charge in [0.25, 0.3) is 0 Å². The summed E-state index contributed by atoms with van der Waals surface area (Å²) in [4.78, 5) is 4.21. The maximum Gasteiger partial charge on any atom is 0.169 e. The first-order chi connectivity index (χ1) is 10.2. The fourth-order valence-corrected chi connectivity index (χ4v) is 2.62. The molecule has 0 unspecified atom stereocenters. The Morgan fingerprint density at radius 1 is 1.33 bits per heavy atom. The maximum atomic E-state index is 14.2. The Kier molecular flexibility index (Phi) is 2.47. The molecule has 106 valence electrons. The summed E-state index contributed by atoms with van der Waals surface area (Å²) in [6, 6.07) is 7.18. The molecule has 21 heavy (non-hydrogen) atoms. The number of aromatic nitrogens is 3. The molecule has 1 aliphatic rings. The lowest BCUT2D eigenvalue weighted by atomic mass is 10.1. The van der Waals surface area contributed by atoms with Crippen LogP contribution in [0.1, 0.15) is 5.56 Å². The Morgan fingerprint density at radius 3 is 3.14 bits per heavy atom. The number of hydrogen-bond donors (Lipinski definition) is 4. The van der Waals surface area contributed by atoms with Crippen LogP contribution in [0, 0.1) is 5.82 Å². The van der Waals surface area contributed by atoms with Crippen molar-refractivity contribution in [1.82, 2.24) is 15.2 Å². The molecular weight excluding hydrogens is 271 g/mol. The molecular formula is C14H13FN6. The first-order valence-electron chi connectivity index (χ1n) is 6.65. The van der Waals surface area contributed by atoms with Gasteiger partial charge in [0, 0.05) is 23.5 Å². The normalized spacial score (nSPS) is 13.2. The molecule has 0 aliphatic carbocycles. The number of anilines is 4. The lowest BCUT2D eigenvalue weighted by Crippen LogP contribution is -2.00. The Balaban J connectivity index is 1.78. The van der Waals surface area contributed by atoms with E-state index in [0.717, 1.165) is 29.9 Å². The van der Waals surface area contributed by atoms with Gasteiger partial charge in [-0.25, -0.2) is 9.37 Å². The third kappa shape index (κ3) is 1.85. The molecule has 1 aromatic carbocycles. The highest BCUT2D eigenvalue weighted by molar-refractivity contribution is 5.87. The molecule has 0 radical (unpaired) electrons. The number of nitrogen functional groups attached to an aromatic ring is 1. The zero-order chi connectivity index (χ0) is 14.4. The van der Waals surface area contributed by atoms with Crippen molar-refractivity contribution in [1.29, 1.82) is 0 Å². The zero-order valence-electron chi connectivity index (χ0n) is 11.1. The summed E-state index contributed by atoms with van der Waals surface area (Å²) in [7, 11) is 0. The van der Waals surface area contributed by atoms with Crippen molar-refractivity contribution in [3.63, 3.8) is 0 Å². The number of nitrogens with two attached hydrogens (primary N) is 1. The van der Waals surface area contributed by atoms with Crippen LogP contribution in [0.25, 0.3) is 11.0 Å².